The number of pyridine rings is 1. The standard InChI is InChI=1S/C11H13NO4S/c1-3-16-11(15)7(2)17-8-4-5-12-9(6-8)10(13)14/h4-7H,3H2,1-2H3,(H,13,14). The van der Waals surface area contributed by atoms with E-state index in [9.17, 15) is 9.59 Å². The van der Waals surface area contributed by atoms with Gasteiger partial charge < -0.3 is 9.84 Å². The van der Waals surface area contributed by atoms with Crippen molar-refractivity contribution < 1.29 is 19.4 Å². The van der Waals surface area contributed by atoms with Crippen LogP contribution in [0.5, 0.6) is 0 Å². The van der Waals surface area contributed by atoms with Crippen molar-refractivity contribution in [3.8, 4) is 0 Å². The summed E-state index contributed by atoms with van der Waals surface area (Å²) in [6, 6.07) is 3.09. The first-order chi connectivity index (χ1) is 8.04. The van der Waals surface area contributed by atoms with Crippen molar-refractivity contribution in [1.82, 2.24) is 4.98 Å². The van der Waals surface area contributed by atoms with Crippen LogP contribution in [0.2, 0.25) is 0 Å². The monoisotopic (exact) mass is 255 g/mol. The molecule has 0 amide bonds. The fourth-order valence-corrected chi connectivity index (χ4v) is 2.00. The predicted molar refractivity (Wildman–Crippen MR) is 63.1 cm³/mol. The molecule has 5 nitrogen and oxygen atoms in total. The van der Waals surface area contributed by atoms with Gasteiger partial charge in [0.1, 0.15) is 10.9 Å². The van der Waals surface area contributed by atoms with Gasteiger partial charge in [-0.3, -0.25) is 4.79 Å². The normalized spacial score (nSPS) is 11.9. The van der Waals surface area contributed by atoms with Crippen LogP contribution in [0.25, 0.3) is 0 Å². The highest BCUT2D eigenvalue weighted by Gasteiger charge is 2.16. The number of nitrogens with zero attached hydrogens (tertiary/aromatic N) is 1. The van der Waals surface area contributed by atoms with Gasteiger partial charge in [-0.25, -0.2) is 9.78 Å². The lowest BCUT2D eigenvalue weighted by Crippen LogP contribution is -2.16. The average molecular weight is 255 g/mol. The average Bonchev–Trinajstić information content (AvgIpc) is 2.29. The lowest BCUT2D eigenvalue weighted by molar-refractivity contribution is -0.142. The minimum absolute atomic E-state index is 0.0361. The molecule has 1 heterocycles. The summed E-state index contributed by atoms with van der Waals surface area (Å²) in [7, 11) is 0. The van der Waals surface area contributed by atoms with Gasteiger partial charge in [-0.05, 0) is 26.0 Å². The highest BCUT2D eigenvalue weighted by molar-refractivity contribution is 8.00. The molecule has 0 aliphatic heterocycles. The summed E-state index contributed by atoms with van der Waals surface area (Å²) in [4.78, 5) is 26.5. The molecule has 92 valence electrons. The third-order valence-corrected chi connectivity index (χ3v) is 2.95. The second-order valence-corrected chi connectivity index (χ2v) is 4.61. The maximum atomic E-state index is 11.4. The van der Waals surface area contributed by atoms with E-state index in [0.717, 1.165) is 0 Å². The minimum Gasteiger partial charge on any atom is -0.477 e. The van der Waals surface area contributed by atoms with Gasteiger partial charge in [0, 0.05) is 11.1 Å². The Kier molecular flexibility index (Phi) is 4.96. The van der Waals surface area contributed by atoms with Gasteiger partial charge in [-0.15, -0.1) is 11.8 Å². The zero-order valence-electron chi connectivity index (χ0n) is 9.54. The molecule has 6 heteroatoms. The lowest BCUT2D eigenvalue weighted by atomic mass is 10.3. The van der Waals surface area contributed by atoms with Crippen LogP contribution in [0.3, 0.4) is 0 Å². The number of aromatic nitrogens is 1. The SMILES string of the molecule is CCOC(=O)C(C)Sc1ccnc(C(=O)O)c1. The maximum absolute atomic E-state index is 11.4. The van der Waals surface area contributed by atoms with Crippen molar-refractivity contribution in [2.45, 2.75) is 24.0 Å². The number of hydrogen-bond acceptors (Lipinski definition) is 5. The number of esters is 1. The molecule has 0 radical (unpaired) electrons. The molecule has 0 aliphatic rings. The van der Waals surface area contributed by atoms with Crippen molar-refractivity contribution in [3.63, 3.8) is 0 Å². The van der Waals surface area contributed by atoms with Gasteiger partial charge in [0.25, 0.3) is 0 Å². The molecule has 0 aromatic carbocycles. The van der Waals surface area contributed by atoms with Crippen LogP contribution < -0.4 is 0 Å². The number of carbonyl (C=O) groups is 2. The van der Waals surface area contributed by atoms with Crippen LogP contribution in [0.4, 0.5) is 0 Å². The molecule has 0 fully saturated rings. The molecule has 0 bridgehead atoms. The first-order valence-electron chi connectivity index (χ1n) is 5.07. The Morgan fingerprint density at radius 3 is 2.88 bits per heavy atom. The predicted octanol–water partition coefficient (Wildman–Crippen LogP) is 1.82. The van der Waals surface area contributed by atoms with Crippen LogP contribution in [0.1, 0.15) is 24.3 Å². The Morgan fingerprint density at radius 1 is 1.59 bits per heavy atom. The van der Waals surface area contributed by atoms with Crippen molar-refractivity contribution in [2.24, 2.45) is 0 Å². The largest absolute Gasteiger partial charge is 0.477 e. The Hall–Kier alpha value is -1.56. The quantitative estimate of drug-likeness (QED) is 0.639. The first-order valence-corrected chi connectivity index (χ1v) is 5.95. The second-order valence-electron chi connectivity index (χ2n) is 3.19. The van der Waals surface area contributed by atoms with E-state index in [1.54, 1.807) is 19.9 Å². The summed E-state index contributed by atoms with van der Waals surface area (Å²) in [6.07, 6.45) is 1.41. The Balaban J connectivity index is 2.71. The fourth-order valence-electron chi connectivity index (χ4n) is 1.11. The van der Waals surface area contributed by atoms with Crippen molar-refractivity contribution in [2.75, 3.05) is 6.61 Å². The third kappa shape index (κ3) is 4.07. The molecule has 1 unspecified atom stereocenters. The molecule has 1 aromatic heterocycles. The second kappa shape index (κ2) is 6.24. The third-order valence-electron chi connectivity index (χ3n) is 1.88. The molecule has 0 saturated heterocycles. The molecule has 1 atom stereocenters. The molecule has 1 aromatic rings. The van der Waals surface area contributed by atoms with E-state index >= 15 is 0 Å². The van der Waals surface area contributed by atoms with Crippen molar-refractivity contribution in [3.05, 3.63) is 24.0 Å². The molecular weight excluding hydrogens is 242 g/mol. The maximum Gasteiger partial charge on any atom is 0.354 e. The summed E-state index contributed by atoms with van der Waals surface area (Å²) >= 11 is 1.25. The summed E-state index contributed by atoms with van der Waals surface area (Å²) in [5, 5.41) is 8.40. The van der Waals surface area contributed by atoms with Crippen LogP contribution >= 0.6 is 11.8 Å². The number of aromatic carboxylic acids is 1. The van der Waals surface area contributed by atoms with E-state index < -0.39 is 5.97 Å². The molecular formula is C11H13NO4S. The number of thioether (sulfide) groups is 1. The van der Waals surface area contributed by atoms with E-state index in [1.165, 1.54) is 24.0 Å². The number of carboxylic acids is 1. The molecule has 1 rings (SSSR count). The molecule has 0 spiro atoms. The molecule has 0 saturated carbocycles. The van der Waals surface area contributed by atoms with Crippen molar-refractivity contribution >= 4 is 23.7 Å². The highest BCUT2D eigenvalue weighted by atomic mass is 32.2. The zero-order valence-corrected chi connectivity index (χ0v) is 10.4. The van der Waals surface area contributed by atoms with E-state index in [-0.39, 0.29) is 16.9 Å². The Labute approximate surface area is 103 Å². The van der Waals surface area contributed by atoms with E-state index in [2.05, 4.69) is 4.98 Å². The number of carboxylic acid groups (broad SMARTS) is 1. The first kappa shape index (κ1) is 13.5. The topological polar surface area (TPSA) is 76.5 Å². The Morgan fingerprint density at radius 2 is 2.29 bits per heavy atom. The van der Waals surface area contributed by atoms with Crippen molar-refractivity contribution in [1.29, 1.82) is 0 Å². The summed E-state index contributed by atoms with van der Waals surface area (Å²) < 4.78 is 4.86. The summed E-state index contributed by atoms with van der Waals surface area (Å²) in [5.74, 6) is -1.40. The number of carbonyl (C=O) groups excluding carboxylic acids is 1. The van der Waals surface area contributed by atoms with Crippen LogP contribution in [-0.4, -0.2) is 33.9 Å². The minimum atomic E-state index is -1.09. The van der Waals surface area contributed by atoms with E-state index in [4.69, 9.17) is 9.84 Å². The van der Waals surface area contributed by atoms with Crippen LogP contribution in [0.15, 0.2) is 23.2 Å². The van der Waals surface area contributed by atoms with Gasteiger partial charge >= 0.3 is 11.9 Å². The number of rotatable bonds is 5. The van der Waals surface area contributed by atoms with Gasteiger partial charge in [-0.1, -0.05) is 0 Å². The number of hydrogen-bond donors (Lipinski definition) is 1. The smallest absolute Gasteiger partial charge is 0.354 e. The zero-order chi connectivity index (χ0) is 12.8. The van der Waals surface area contributed by atoms with Crippen LogP contribution in [-0.2, 0) is 9.53 Å². The Bertz CT molecular complexity index is 422. The van der Waals surface area contributed by atoms with Gasteiger partial charge in [0.15, 0.2) is 0 Å². The molecule has 1 N–H and O–H groups in total. The van der Waals surface area contributed by atoms with E-state index in [0.29, 0.717) is 11.5 Å². The van der Waals surface area contributed by atoms with Gasteiger partial charge in [0.05, 0.1) is 6.61 Å². The summed E-state index contributed by atoms with van der Waals surface area (Å²) in [5.41, 5.74) is -0.0361. The van der Waals surface area contributed by atoms with Gasteiger partial charge in [0.2, 0.25) is 0 Å². The van der Waals surface area contributed by atoms with Crippen LogP contribution in [0, 0.1) is 0 Å². The van der Waals surface area contributed by atoms with E-state index in [1.807, 2.05) is 0 Å². The number of ether oxygens (including phenoxy) is 1. The molecule has 0 aliphatic carbocycles. The highest BCUT2D eigenvalue weighted by Crippen LogP contribution is 2.24. The van der Waals surface area contributed by atoms with Gasteiger partial charge in [-0.2, -0.15) is 0 Å². The molecule has 17 heavy (non-hydrogen) atoms. The summed E-state index contributed by atoms with van der Waals surface area (Å²) in [6.45, 7) is 3.79. The fraction of sp³-hybridized carbons (Fsp3) is 0.364. The lowest BCUT2D eigenvalue weighted by Gasteiger charge is -2.09.